The minimum Gasteiger partial charge on any atom is -0.466 e. The maximum absolute atomic E-state index is 12.3. The van der Waals surface area contributed by atoms with Crippen molar-refractivity contribution in [3.63, 3.8) is 0 Å². The summed E-state index contributed by atoms with van der Waals surface area (Å²) < 4.78 is 20.1. The Morgan fingerprint density at radius 1 is 1.00 bits per heavy atom. The van der Waals surface area contributed by atoms with E-state index in [4.69, 9.17) is 18.6 Å². The lowest BCUT2D eigenvalue weighted by Gasteiger charge is -2.06. The molecule has 0 atom stereocenters. The zero-order valence-corrected chi connectivity index (χ0v) is 15.1. The van der Waals surface area contributed by atoms with Crippen molar-refractivity contribution in [1.29, 1.82) is 0 Å². The van der Waals surface area contributed by atoms with Gasteiger partial charge in [0.1, 0.15) is 11.3 Å². The standard InChI is InChI=1S/C19H20O7/c1-5-25-14(20)10-13-15(18(21)23-3)17(19(22)24-4)26-16(13)12-8-6-11(2)7-9-12/h6-9H,5,10H2,1-4H3. The third kappa shape index (κ3) is 3.93. The first-order valence-corrected chi connectivity index (χ1v) is 7.97. The van der Waals surface area contributed by atoms with Crippen LogP contribution in [0.3, 0.4) is 0 Å². The molecule has 0 saturated carbocycles. The molecular formula is C19H20O7. The first kappa shape index (κ1) is 19.2. The summed E-state index contributed by atoms with van der Waals surface area (Å²) in [6.45, 7) is 3.79. The monoisotopic (exact) mass is 360 g/mol. The van der Waals surface area contributed by atoms with Gasteiger partial charge in [0.25, 0.3) is 0 Å². The maximum Gasteiger partial charge on any atom is 0.374 e. The number of carbonyl (C=O) groups is 3. The molecule has 0 unspecified atom stereocenters. The largest absolute Gasteiger partial charge is 0.466 e. The molecule has 0 aliphatic heterocycles. The topological polar surface area (TPSA) is 92.0 Å². The van der Waals surface area contributed by atoms with Crippen LogP contribution in [-0.4, -0.2) is 38.7 Å². The van der Waals surface area contributed by atoms with Gasteiger partial charge < -0.3 is 18.6 Å². The number of benzene rings is 1. The van der Waals surface area contributed by atoms with E-state index in [0.29, 0.717) is 5.56 Å². The number of hydrogen-bond acceptors (Lipinski definition) is 7. The number of rotatable bonds is 6. The molecule has 0 spiro atoms. The molecule has 7 heteroatoms. The third-order valence-corrected chi connectivity index (χ3v) is 3.71. The lowest BCUT2D eigenvalue weighted by atomic mass is 10.0. The van der Waals surface area contributed by atoms with Gasteiger partial charge >= 0.3 is 17.9 Å². The molecule has 0 saturated heterocycles. The molecule has 0 aliphatic rings. The fourth-order valence-electron chi connectivity index (χ4n) is 2.48. The maximum atomic E-state index is 12.3. The summed E-state index contributed by atoms with van der Waals surface area (Å²) in [4.78, 5) is 36.4. The molecular weight excluding hydrogens is 340 g/mol. The highest BCUT2D eigenvalue weighted by atomic mass is 16.5. The molecule has 0 amide bonds. The molecule has 1 aromatic carbocycles. The second-order valence-electron chi connectivity index (χ2n) is 5.44. The van der Waals surface area contributed by atoms with E-state index in [9.17, 15) is 14.4 Å². The van der Waals surface area contributed by atoms with E-state index in [-0.39, 0.29) is 35.7 Å². The van der Waals surface area contributed by atoms with Crippen LogP contribution in [0.5, 0.6) is 0 Å². The third-order valence-electron chi connectivity index (χ3n) is 3.71. The second-order valence-corrected chi connectivity index (χ2v) is 5.44. The van der Waals surface area contributed by atoms with Crippen molar-refractivity contribution in [3.05, 3.63) is 46.7 Å². The summed E-state index contributed by atoms with van der Waals surface area (Å²) in [7, 11) is 2.35. The van der Waals surface area contributed by atoms with Crippen LogP contribution in [0, 0.1) is 6.92 Å². The van der Waals surface area contributed by atoms with Gasteiger partial charge in [0, 0.05) is 11.1 Å². The van der Waals surface area contributed by atoms with Gasteiger partial charge in [-0.1, -0.05) is 29.8 Å². The number of furan rings is 1. The molecule has 0 N–H and O–H groups in total. The zero-order valence-electron chi connectivity index (χ0n) is 15.1. The summed E-state index contributed by atoms with van der Waals surface area (Å²) in [5, 5.41) is 0. The average molecular weight is 360 g/mol. The predicted molar refractivity (Wildman–Crippen MR) is 91.9 cm³/mol. The number of methoxy groups -OCH3 is 2. The molecule has 0 bridgehead atoms. The highest BCUT2D eigenvalue weighted by Crippen LogP contribution is 2.33. The van der Waals surface area contributed by atoms with Crippen LogP contribution in [0.15, 0.2) is 28.7 Å². The Morgan fingerprint density at radius 2 is 1.62 bits per heavy atom. The Kier molecular flexibility index (Phi) is 6.16. The van der Waals surface area contributed by atoms with Gasteiger partial charge in [0.15, 0.2) is 0 Å². The molecule has 0 fully saturated rings. The Balaban J connectivity index is 2.69. The van der Waals surface area contributed by atoms with Gasteiger partial charge in [-0.15, -0.1) is 0 Å². The Morgan fingerprint density at radius 3 is 2.15 bits per heavy atom. The highest BCUT2D eigenvalue weighted by Gasteiger charge is 2.32. The average Bonchev–Trinajstić information content (AvgIpc) is 3.00. The number of aryl methyl sites for hydroxylation is 1. The number of carbonyl (C=O) groups excluding carboxylic acids is 3. The zero-order chi connectivity index (χ0) is 19.3. The fraction of sp³-hybridized carbons (Fsp3) is 0.316. The predicted octanol–water partition coefficient (Wildman–Crippen LogP) is 2.93. The molecule has 138 valence electrons. The van der Waals surface area contributed by atoms with Crippen molar-refractivity contribution < 1.29 is 33.0 Å². The van der Waals surface area contributed by atoms with Gasteiger partial charge in [-0.25, -0.2) is 9.59 Å². The van der Waals surface area contributed by atoms with Crippen LogP contribution in [0.1, 0.15) is 39.0 Å². The van der Waals surface area contributed by atoms with E-state index in [1.54, 1.807) is 19.1 Å². The van der Waals surface area contributed by atoms with Crippen LogP contribution in [0.4, 0.5) is 0 Å². The van der Waals surface area contributed by atoms with Crippen molar-refractivity contribution in [2.24, 2.45) is 0 Å². The fourth-order valence-corrected chi connectivity index (χ4v) is 2.48. The van der Waals surface area contributed by atoms with Gasteiger partial charge in [0.05, 0.1) is 27.2 Å². The number of ether oxygens (including phenoxy) is 3. The van der Waals surface area contributed by atoms with Crippen molar-refractivity contribution in [3.8, 4) is 11.3 Å². The normalized spacial score (nSPS) is 10.3. The van der Waals surface area contributed by atoms with Crippen LogP contribution < -0.4 is 0 Å². The molecule has 2 rings (SSSR count). The Labute approximate surface area is 150 Å². The lowest BCUT2D eigenvalue weighted by molar-refractivity contribution is -0.142. The lowest BCUT2D eigenvalue weighted by Crippen LogP contribution is -2.14. The molecule has 7 nitrogen and oxygen atoms in total. The van der Waals surface area contributed by atoms with E-state index < -0.39 is 17.9 Å². The molecule has 26 heavy (non-hydrogen) atoms. The Hall–Kier alpha value is -3.09. The summed E-state index contributed by atoms with van der Waals surface area (Å²) in [5.41, 5.74) is 1.71. The molecule has 1 aromatic heterocycles. The van der Waals surface area contributed by atoms with Crippen molar-refractivity contribution >= 4 is 17.9 Å². The summed E-state index contributed by atoms with van der Waals surface area (Å²) in [6.07, 6.45) is -0.248. The van der Waals surface area contributed by atoms with Gasteiger partial charge in [-0.05, 0) is 13.8 Å². The smallest absolute Gasteiger partial charge is 0.374 e. The van der Waals surface area contributed by atoms with Crippen LogP contribution in [0.2, 0.25) is 0 Å². The van der Waals surface area contributed by atoms with E-state index in [2.05, 4.69) is 0 Å². The Bertz CT molecular complexity index is 815. The molecule has 2 aromatic rings. The highest BCUT2D eigenvalue weighted by molar-refractivity contribution is 6.04. The van der Waals surface area contributed by atoms with E-state index in [1.165, 1.54) is 14.2 Å². The van der Waals surface area contributed by atoms with Gasteiger partial charge in [0.2, 0.25) is 5.76 Å². The summed E-state index contributed by atoms with van der Waals surface area (Å²) in [6, 6.07) is 7.24. The first-order chi connectivity index (χ1) is 12.4. The van der Waals surface area contributed by atoms with Crippen LogP contribution in [-0.2, 0) is 25.4 Å². The molecule has 1 heterocycles. The van der Waals surface area contributed by atoms with Crippen LogP contribution >= 0.6 is 0 Å². The van der Waals surface area contributed by atoms with E-state index in [0.717, 1.165) is 5.56 Å². The van der Waals surface area contributed by atoms with Gasteiger partial charge in [-0.2, -0.15) is 0 Å². The minimum absolute atomic E-state index is 0.136. The van der Waals surface area contributed by atoms with Crippen molar-refractivity contribution in [1.82, 2.24) is 0 Å². The summed E-state index contributed by atoms with van der Waals surface area (Å²) in [5.74, 6) is -2.28. The van der Waals surface area contributed by atoms with Crippen molar-refractivity contribution in [2.45, 2.75) is 20.3 Å². The quantitative estimate of drug-likeness (QED) is 0.577. The van der Waals surface area contributed by atoms with E-state index >= 15 is 0 Å². The SMILES string of the molecule is CCOC(=O)Cc1c(-c2ccc(C)cc2)oc(C(=O)OC)c1C(=O)OC. The number of esters is 3. The van der Waals surface area contributed by atoms with Crippen LogP contribution in [0.25, 0.3) is 11.3 Å². The number of hydrogen-bond donors (Lipinski definition) is 0. The molecule has 0 radical (unpaired) electrons. The van der Waals surface area contributed by atoms with E-state index in [1.807, 2.05) is 19.1 Å². The minimum atomic E-state index is -0.839. The second kappa shape index (κ2) is 8.33. The first-order valence-electron chi connectivity index (χ1n) is 7.97. The van der Waals surface area contributed by atoms with Gasteiger partial charge in [-0.3, -0.25) is 4.79 Å². The molecule has 0 aliphatic carbocycles. The van der Waals surface area contributed by atoms with Crippen molar-refractivity contribution in [2.75, 3.05) is 20.8 Å². The summed E-state index contributed by atoms with van der Waals surface area (Å²) >= 11 is 0.